The van der Waals surface area contributed by atoms with Crippen LogP contribution in [0.3, 0.4) is 0 Å². The van der Waals surface area contributed by atoms with E-state index in [-0.39, 0.29) is 16.2 Å². The van der Waals surface area contributed by atoms with E-state index in [1.165, 1.54) is 6.92 Å². The predicted octanol–water partition coefficient (Wildman–Crippen LogP) is 3.74. The fraction of sp³-hybridized carbons (Fsp3) is 0.200. The second-order valence-corrected chi connectivity index (χ2v) is 3.69. The number of rotatable bonds is 2. The predicted molar refractivity (Wildman–Crippen MR) is 59.6 cm³/mol. The smallest absolute Gasteiger partial charge is 0.464 e. The molecule has 1 N–H and O–H groups in total. The topological polar surface area (TPSA) is 66.8 Å². The molecule has 0 saturated heterocycles. The molecule has 5 nitrogen and oxygen atoms in total. The van der Waals surface area contributed by atoms with Gasteiger partial charge in [0, 0.05) is 0 Å². The molecule has 0 heterocycles. The maximum Gasteiger partial charge on any atom is 0.573 e. The Morgan fingerprint density at radius 2 is 1.95 bits per heavy atom. The highest BCUT2D eigenvalue weighted by molar-refractivity contribution is 6.68. The number of ether oxygens (including phenoxy) is 1. The molecule has 0 atom stereocenters. The van der Waals surface area contributed by atoms with E-state index in [2.05, 4.69) is 4.74 Å². The first-order valence-electron chi connectivity index (χ1n) is 4.70. The van der Waals surface area contributed by atoms with Gasteiger partial charge in [0.05, 0.1) is 5.69 Å². The van der Waals surface area contributed by atoms with Crippen LogP contribution in [0.25, 0.3) is 0 Å². The van der Waals surface area contributed by atoms with Crippen molar-refractivity contribution in [3.05, 3.63) is 23.8 Å². The standard InChI is InChI=1S/C10H7ClF3NO4/c1-5-4-6(19-10(12,13)14)2-3-7(5)15(8(11)16)9(17)18/h2-4H,1H3,(H,17,18). The number of hydrogen-bond donors (Lipinski definition) is 1. The molecule has 0 unspecified atom stereocenters. The second-order valence-electron chi connectivity index (χ2n) is 3.37. The van der Waals surface area contributed by atoms with Gasteiger partial charge in [-0.15, -0.1) is 13.2 Å². The number of carbonyl (C=O) groups excluding carboxylic acids is 1. The van der Waals surface area contributed by atoms with Crippen molar-refractivity contribution in [3.63, 3.8) is 0 Å². The van der Waals surface area contributed by atoms with Gasteiger partial charge in [0.2, 0.25) is 0 Å². The molecule has 19 heavy (non-hydrogen) atoms. The van der Waals surface area contributed by atoms with Crippen LogP contribution in [-0.4, -0.2) is 22.9 Å². The van der Waals surface area contributed by atoms with Crippen molar-refractivity contribution in [2.45, 2.75) is 13.3 Å². The SMILES string of the molecule is Cc1cc(OC(F)(F)F)ccc1N(C(=O)O)C(=O)Cl. The lowest BCUT2D eigenvalue weighted by atomic mass is 10.2. The number of amides is 2. The van der Waals surface area contributed by atoms with Crippen LogP contribution >= 0.6 is 11.6 Å². The molecule has 0 aliphatic carbocycles. The quantitative estimate of drug-likeness (QED) is 0.667. The summed E-state index contributed by atoms with van der Waals surface area (Å²) in [5.41, 5.74) is -0.0693. The van der Waals surface area contributed by atoms with Crippen LogP contribution in [0.2, 0.25) is 0 Å². The van der Waals surface area contributed by atoms with Crippen LogP contribution in [0, 0.1) is 6.92 Å². The Kier molecular flexibility index (Phi) is 4.25. The number of nitrogens with zero attached hydrogens (tertiary/aromatic N) is 1. The van der Waals surface area contributed by atoms with Crippen LogP contribution in [0.1, 0.15) is 5.56 Å². The number of carbonyl (C=O) groups is 2. The number of imide groups is 1. The summed E-state index contributed by atoms with van der Waals surface area (Å²) >= 11 is 5.09. The molecule has 1 aromatic carbocycles. The zero-order chi connectivity index (χ0) is 14.8. The lowest BCUT2D eigenvalue weighted by Gasteiger charge is -2.17. The second kappa shape index (κ2) is 5.35. The van der Waals surface area contributed by atoms with Crippen molar-refractivity contribution in [1.82, 2.24) is 0 Å². The Hall–Kier alpha value is -1.96. The van der Waals surface area contributed by atoms with Gasteiger partial charge in [-0.2, -0.15) is 0 Å². The molecular formula is C10H7ClF3NO4. The van der Waals surface area contributed by atoms with Gasteiger partial charge >= 0.3 is 17.8 Å². The summed E-state index contributed by atoms with van der Waals surface area (Å²) in [7, 11) is 0. The van der Waals surface area contributed by atoms with Crippen molar-refractivity contribution < 1.29 is 32.6 Å². The average Bonchev–Trinajstić information content (AvgIpc) is 2.18. The van der Waals surface area contributed by atoms with Crippen molar-refractivity contribution >= 4 is 28.7 Å². The lowest BCUT2D eigenvalue weighted by Crippen LogP contribution is -2.32. The molecular weight excluding hydrogens is 291 g/mol. The summed E-state index contributed by atoms with van der Waals surface area (Å²) in [4.78, 5) is 22.0. The molecule has 0 saturated carbocycles. The van der Waals surface area contributed by atoms with E-state index >= 15 is 0 Å². The van der Waals surface area contributed by atoms with E-state index < -0.39 is 23.6 Å². The molecule has 0 radical (unpaired) electrons. The molecule has 0 fully saturated rings. The summed E-state index contributed by atoms with van der Waals surface area (Å²) in [5, 5.41) is 7.50. The average molecular weight is 298 g/mol. The molecule has 0 aliphatic rings. The fourth-order valence-corrected chi connectivity index (χ4v) is 1.51. The minimum absolute atomic E-state index is 0.0816. The van der Waals surface area contributed by atoms with Crippen LogP contribution in [0.15, 0.2) is 18.2 Å². The first kappa shape index (κ1) is 15.1. The number of aryl methyl sites for hydroxylation is 1. The van der Waals surface area contributed by atoms with Gasteiger partial charge < -0.3 is 9.84 Å². The van der Waals surface area contributed by atoms with Crippen LogP contribution in [-0.2, 0) is 0 Å². The Bertz CT molecular complexity index is 504. The molecule has 0 aromatic heterocycles. The minimum Gasteiger partial charge on any atom is -0.464 e. The number of alkyl halides is 3. The summed E-state index contributed by atoms with van der Waals surface area (Å²) in [5.74, 6) is -0.527. The highest BCUT2D eigenvalue weighted by Crippen LogP contribution is 2.29. The monoisotopic (exact) mass is 297 g/mol. The fourth-order valence-electron chi connectivity index (χ4n) is 1.35. The maximum absolute atomic E-state index is 12.0. The molecule has 104 valence electrons. The van der Waals surface area contributed by atoms with E-state index in [1.54, 1.807) is 0 Å². The third kappa shape index (κ3) is 4.02. The third-order valence-electron chi connectivity index (χ3n) is 2.01. The van der Waals surface area contributed by atoms with Gasteiger partial charge in [-0.05, 0) is 42.3 Å². The van der Waals surface area contributed by atoms with Crippen LogP contribution in [0.4, 0.5) is 28.4 Å². The number of halogens is 4. The van der Waals surface area contributed by atoms with E-state index in [1.807, 2.05) is 0 Å². The maximum atomic E-state index is 12.0. The molecule has 0 bridgehead atoms. The van der Waals surface area contributed by atoms with E-state index in [9.17, 15) is 22.8 Å². The van der Waals surface area contributed by atoms with Gasteiger partial charge in [-0.1, -0.05) is 0 Å². The molecule has 1 rings (SSSR count). The van der Waals surface area contributed by atoms with Gasteiger partial charge in [-0.3, -0.25) is 4.79 Å². The van der Waals surface area contributed by atoms with Gasteiger partial charge in [0.15, 0.2) is 0 Å². The highest BCUT2D eigenvalue weighted by Gasteiger charge is 2.31. The zero-order valence-corrected chi connectivity index (χ0v) is 10.1. The Morgan fingerprint density at radius 1 is 1.37 bits per heavy atom. The minimum atomic E-state index is -4.86. The van der Waals surface area contributed by atoms with E-state index in [0.29, 0.717) is 0 Å². The summed E-state index contributed by atoms with van der Waals surface area (Å²) in [6.07, 6.45) is -6.50. The first-order chi connectivity index (χ1) is 8.61. The van der Waals surface area contributed by atoms with Crippen molar-refractivity contribution in [1.29, 1.82) is 0 Å². The molecule has 9 heteroatoms. The number of anilines is 1. The Labute approximate surface area is 110 Å². The molecule has 0 spiro atoms. The number of carboxylic acid groups (broad SMARTS) is 1. The molecule has 0 aliphatic heterocycles. The normalized spacial score (nSPS) is 11.0. The zero-order valence-electron chi connectivity index (χ0n) is 9.36. The number of hydrogen-bond acceptors (Lipinski definition) is 3. The Balaban J connectivity index is 3.13. The largest absolute Gasteiger partial charge is 0.573 e. The van der Waals surface area contributed by atoms with E-state index in [0.717, 1.165) is 18.2 Å². The summed E-state index contributed by atoms with van der Waals surface area (Å²) in [6, 6.07) is 2.81. The summed E-state index contributed by atoms with van der Waals surface area (Å²) in [6.45, 7) is 1.31. The first-order valence-corrected chi connectivity index (χ1v) is 5.08. The highest BCUT2D eigenvalue weighted by atomic mass is 35.5. The number of benzene rings is 1. The molecule has 1 aromatic rings. The summed E-state index contributed by atoms with van der Waals surface area (Å²) < 4.78 is 39.6. The van der Waals surface area contributed by atoms with Gasteiger partial charge in [0.1, 0.15) is 5.75 Å². The lowest BCUT2D eigenvalue weighted by molar-refractivity contribution is -0.274. The van der Waals surface area contributed by atoms with Crippen molar-refractivity contribution in [2.24, 2.45) is 0 Å². The van der Waals surface area contributed by atoms with Gasteiger partial charge in [0.25, 0.3) is 0 Å². The van der Waals surface area contributed by atoms with Crippen LogP contribution < -0.4 is 9.64 Å². The van der Waals surface area contributed by atoms with Crippen molar-refractivity contribution in [3.8, 4) is 5.75 Å². The Morgan fingerprint density at radius 3 is 2.32 bits per heavy atom. The van der Waals surface area contributed by atoms with E-state index in [4.69, 9.17) is 16.7 Å². The van der Waals surface area contributed by atoms with Crippen molar-refractivity contribution in [2.75, 3.05) is 4.90 Å². The third-order valence-corrected chi connectivity index (χ3v) is 2.18. The van der Waals surface area contributed by atoms with Gasteiger partial charge in [-0.25, -0.2) is 9.69 Å². The van der Waals surface area contributed by atoms with Crippen LogP contribution in [0.5, 0.6) is 5.75 Å². The molecule has 2 amide bonds.